The Bertz CT molecular complexity index is 1280. The molecular formula is C27H24N2O6. The Balaban J connectivity index is 1.79. The first-order valence-electron chi connectivity index (χ1n) is 11.2. The van der Waals surface area contributed by atoms with Crippen molar-refractivity contribution in [3.05, 3.63) is 111 Å². The molecule has 8 heteroatoms. The van der Waals surface area contributed by atoms with E-state index in [1.165, 1.54) is 29.2 Å². The maximum Gasteiger partial charge on any atom is 0.295 e. The molecule has 1 atom stereocenters. The van der Waals surface area contributed by atoms with E-state index >= 15 is 0 Å². The number of aliphatic hydroxyl groups is 1. The van der Waals surface area contributed by atoms with Crippen LogP contribution < -0.4 is 4.74 Å². The summed E-state index contributed by atoms with van der Waals surface area (Å²) in [4.78, 5) is 38.3. The summed E-state index contributed by atoms with van der Waals surface area (Å²) in [5, 5.41) is 22.3. The minimum atomic E-state index is -0.893. The van der Waals surface area contributed by atoms with Gasteiger partial charge in [-0.25, -0.2) is 0 Å². The number of benzene rings is 3. The third-order valence-corrected chi connectivity index (χ3v) is 5.86. The number of nitro groups is 1. The number of hydrogen-bond acceptors (Lipinski definition) is 6. The van der Waals surface area contributed by atoms with Crippen LogP contribution in [0.3, 0.4) is 0 Å². The van der Waals surface area contributed by atoms with Gasteiger partial charge in [0.05, 0.1) is 23.1 Å². The molecule has 3 aromatic rings. The van der Waals surface area contributed by atoms with Crippen LogP contribution in [0.25, 0.3) is 5.76 Å². The Morgan fingerprint density at radius 2 is 1.74 bits per heavy atom. The molecule has 0 radical (unpaired) electrons. The highest BCUT2D eigenvalue weighted by Gasteiger charge is 2.46. The maximum atomic E-state index is 13.2. The topological polar surface area (TPSA) is 110 Å². The van der Waals surface area contributed by atoms with Gasteiger partial charge in [-0.3, -0.25) is 19.7 Å². The van der Waals surface area contributed by atoms with E-state index in [1.54, 1.807) is 24.3 Å². The second-order valence-electron chi connectivity index (χ2n) is 8.04. The zero-order chi connectivity index (χ0) is 24.9. The van der Waals surface area contributed by atoms with Gasteiger partial charge in [-0.1, -0.05) is 42.5 Å². The average Bonchev–Trinajstić information content (AvgIpc) is 3.13. The molecule has 1 amide bonds. The third-order valence-electron chi connectivity index (χ3n) is 5.86. The minimum Gasteiger partial charge on any atom is -0.507 e. The van der Waals surface area contributed by atoms with Crippen molar-refractivity contribution in [1.29, 1.82) is 0 Å². The van der Waals surface area contributed by atoms with Gasteiger partial charge < -0.3 is 14.7 Å². The average molecular weight is 472 g/mol. The molecule has 0 saturated carbocycles. The summed E-state index contributed by atoms with van der Waals surface area (Å²) in [5.74, 6) is -1.34. The zero-order valence-corrected chi connectivity index (χ0v) is 19.1. The van der Waals surface area contributed by atoms with Crippen LogP contribution in [0, 0.1) is 10.1 Å². The second-order valence-corrected chi connectivity index (χ2v) is 8.04. The molecule has 1 unspecified atom stereocenters. The van der Waals surface area contributed by atoms with Crippen LogP contribution in [0.4, 0.5) is 5.69 Å². The molecule has 1 aliphatic heterocycles. The van der Waals surface area contributed by atoms with Crippen molar-refractivity contribution in [3.8, 4) is 5.75 Å². The monoisotopic (exact) mass is 472 g/mol. The van der Waals surface area contributed by atoms with E-state index in [-0.39, 0.29) is 23.6 Å². The summed E-state index contributed by atoms with van der Waals surface area (Å²) in [6, 6.07) is 20.9. The molecule has 1 heterocycles. The molecule has 178 valence electrons. The molecular weight excluding hydrogens is 448 g/mol. The van der Waals surface area contributed by atoms with Crippen molar-refractivity contribution in [2.75, 3.05) is 13.2 Å². The zero-order valence-electron chi connectivity index (χ0n) is 19.1. The van der Waals surface area contributed by atoms with E-state index in [0.29, 0.717) is 29.9 Å². The van der Waals surface area contributed by atoms with Gasteiger partial charge in [0.25, 0.3) is 17.4 Å². The lowest BCUT2D eigenvalue weighted by Gasteiger charge is -2.25. The molecule has 4 rings (SSSR count). The number of amides is 1. The number of ether oxygens (including phenoxy) is 1. The van der Waals surface area contributed by atoms with Crippen LogP contribution in [0.2, 0.25) is 0 Å². The van der Waals surface area contributed by atoms with Gasteiger partial charge in [0, 0.05) is 24.2 Å². The summed E-state index contributed by atoms with van der Waals surface area (Å²) >= 11 is 0. The normalized spacial score (nSPS) is 16.9. The Labute approximate surface area is 202 Å². The van der Waals surface area contributed by atoms with Crippen LogP contribution in [0.5, 0.6) is 5.75 Å². The Hall–Kier alpha value is -4.46. The number of aliphatic hydroxyl groups excluding tert-OH is 1. The van der Waals surface area contributed by atoms with Crippen molar-refractivity contribution in [2.24, 2.45) is 0 Å². The van der Waals surface area contributed by atoms with Crippen LogP contribution in [-0.2, 0) is 16.0 Å². The van der Waals surface area contributed by atoms with E-state index in [1.807, 2.05) is 37.3 Å². The first-order valence-corrected chi connectivity index (χ1v) is 11.2. The van der Waals surface area contributed by atoms with E-state index in [2.05, 4.69) is 0 Å². The molecule has 0 aliphatic carbocycles. The van der Waals surface area contributed by atoms with Gasteiger partial charge in [-0.2, -0.15) is 0 Å². The molecule has 1 saturated heterocycles. The fraction of sp³-hybridized carbons (Fsp3) is 0.185. The number of nitrogens with zero attached hydrogens (tertiary/aromatic N) is 2. The molecule has 0 bridgehead atoms. The highest BCUT2D eigenvalue weighted by atomic mass is 16.6. The molecule has 35 heavy (non-hydrogen) atoms. The molecule has 1 fully saturated rings. The quantitative estimate of drug-likeness (QED) is 0.168. The van der Waals surface area contributed by atoms with Gasteiger partial charge in [-0.15, -0.1) is 0 Å². The fourth-order valence-electron chi connectivity index (χ4n) is 4.19. The summed E-state index contributed by atoms with van der Waals surface area (Å²) in [6.07, 6.45) is 0.497. The van der Waals surface area contributed by atoms with Crippen molar-refractivity contribution >= 4 is 23.1 Å². The van der Waals surface area contributed by atoms with E-state index < -0.39 is 22.7 Å². The standard InChI is InChI=1S/C27H24N2O6/c1-2-35-22-10-6-9-20(17-22)25(30)23-24(19-11-13-21(14-12-19)29(33)34)28(27(32)26(23)31)16-15-18-7-4-3-5-8-18/h3-14,17,24,30H,2,15-16H2,1H3/b25-23+. The lowest BCUT2D eigenvalue weighted by molar-refractivity contribution is -0.384. The summed E-state index contributed by atoms with van der Waals surface area (Å²) in [5.41, 5.74) is 1.64. The molecule has 3 aromatic carbocycles. The van der Waals surface area contributed by atoms with Gasteiger partial charge in [-0.05, 0) is 48.7 Å². The van der Waals surface area contributed by atoms with Crippen molar-refractivity contribution < 1.29 is 24.4 Å². The number of hydrogen-bond donors (Lipinski definition) is 1. The van der Waals surface area contributed by atoms with Gasteiger partial charge >= 0.3 is 0 Å². The Morgan fingerprint density at radius 1 is 1.03 bits per heavy atom. The summed E-state index contributed by atoms with van der Waals surface area (Å²) in [6.45, 7) is 2.49. The predicted molar refractivity (Wildman–Crippen MR) is 130 cm³/mol. The predicted octanol–water partition coefficient (Wildman–Crippen LogP) is 4.66. The number of non-ortho nitro benzene ring substituents is 1. The molecule has 1 aliphatic rings. The van der Waals surface area contributed by atoms with E-state index in [4.69, 9.17) is 4.74 Å². The summed E-state index contributed by atoms with van der Waals surface area (Å²) in [7, 11) is 0. The third kappa shape index (κ3) is 4.91. The van der Waals surface area contributed by atoms with Gasteiger partial charge in [0.2, 0.25) is 0 Å². The van der Waals surface area contributed by atoms with Crippen molar-refractivity contribution in [3.63, 3.8) is 0 Å². The van der Waals surface area contributed by atoms with E-state index in [9.17, 15) is 24.8 Å². The van der Waals surface area contributed by atoms with Gasteiger partial charge in [0.1, 0.15) is 11.5 Å². The first kappa shape index (κ1) is 23.7. The lowest BCUT2D eigenvalue weighted by Crippen LogP contribution is -2.31. The number of likely N-dealkylation sites (tertiary alicyclic amines) is 1. The van der Waals surface area contributed by atoms with Gasteiger partial charge in [0.15, 0.2) is 0 Å². The van der Waals surface area contributed by atoms with Crippen LogP contribution in [-0.4, -0.2) is 39.8 Å². The highest BCUT2D eigenvalue weighted by molar-refractivity contribution is 6.46. The number of ketones is 1. The molecule has 0 spiro atoms. The van der Waals surface area contributed by atoms with Crippen LogP contribution in [0.15, 0.2) is 84.4 Å². The number of rotatable bonds is 8. The minimum absolute atomic E-state index is 0.0643. The molecule has 8 nitrogen and oxygen atoms in total. The number of Topliss-reactive ketones (excluding diaryl/α,β-unsaturated/α-hetero) is 1. The maximum absolute atomic E-state index is 13.2. The molecule has 0 aromatic heterocycles. The largest absolute Gasteiger partial charge is 0.507 e. The second kappa shape index (κ2) is 10.2. The fourth-order valence-corrected chi connectivity index (χ4v) is 4.19. The SMILES string of the molecule is CCOc1cccc(/C(O)=C2\C(=O)C(=O)N(CCc3ccccc3)C2c2ccc([N+](=O)[O-])cc2)c1. The molecule has 1 N–H and O–H groups in total. The number of carbonyl (C=O) groups is 2. The first-order chi connectivity index (χ1) is 16.9. The van der Waals surface area contributed by atoms with Crippen molar-refractivity contribution in [1.82, 2.24) is 4.90 Å². The number of nitro benzene ring substituents is 1. The van der Waals surface area contributed by atoms with Crippen LogP contribution in [0.1, 0.15) is 29.7 Å². The van der Waals surface area contributed by atoms with E-state index in [0.717, 1.165) is 5.56 Å². The lowest BCUT2D eigenvalue weighted by atomic mass is 9.95. The van der Waals surface area contributed by atoms with Crippen molar-refractivity contribution in [2.45, 2.75) is 19.4 Å². The smallest absolute Gasteiger partial charge is 0.295 e. The highest BCUT2D eigenvalue weighted by Crippen LogP contribution is 2.40. The summed E-state index contributed by atoms with van der Waals surface area (Å²) < 4.78 is 5.50. The Kier molecular flexibility index (Phi) is 6.91. The Morgan fingerprint density at radius 3 is 2.40 bits per heavy atom. The number of carbonyl (C=O) groups excluding carboxylic acids is 2. The van der Waals surface area contributed by atoms with Crippen LogP contribution >= 0.6 is 0 Å².